The number of rotatable bonds is 6. The minimum absolute atomic E-state index is 0.269. The summed E-state index contributed by atoms with van der Waals surface area (Å²) in [5, 5.41) is 3.72. The van der Waals surface area contributed by atoms with E-state index < -0.39 is 0 Å². The molecule has 0 saturated carbocycles. The Balaban J connectivity index is 2.72. The van der Waals surface area contributed by atoms with Gasteiger partial charge in [-0.2, -0.15) is 0 Å². The van der Waals surface area contributed by atoms with Crippen molar-refractivity contribution in [3.63, 3.8) is 0 Å². The summed E-state index contributed by atoms with van der Waals surface area (Å²) in [4.78, 5) is 0. The second kappa shape index (κ2) is 6.97. The fourth-order valence-corrected chi connectivity index (χ4v) is 2.41. The van der Waals surface area contributed by atoms with Crippen molar-refractivity contribution in [2.45, 2.75) is 39.7 Å². The first-order valence-electron chi connectivity index (χ1n) is 6.26. The lowest BCUT2D eigenvalue weighted by molar-refractivity contribution is 0.370. The minimum atomic E-state index is -0.326. The van der Waals surface area contributed by atoms with E-state index in [9.17, 15) is 4.39 Å². The van der Waals surface area contributed by atoms with Crippen molar-refractivity contribution in [1.82, 2.24) is 5.32 Å². The molecule has 17 heavy (non-hydrogen) atoms. The Kier molecular flexibility index (Phi) is 5.93. The first-order chi connectivity index (χ1) is 8.10. The normalized spacial score (nSPS) is 14.6. The smallest absolute Gasteiger partial charge is 0.142 e. The number of hydrogen-bond donors (Lipinski definition) is 1. The molecular formula is C14H21ClFN. The van der Waals surface area contributed by atoms with Gasteiger partial charge < -0.3 is 5.32 Å². The molecule has 0 fully saturated rings. The third kappa shape index (κ3) is 3.97. The molecule has 0 spiro atoms. The van der Waals surface area contributed by atoms with Crippen LogP contribution in [-0.4, -0.2) is 12.6 Å². The predicted octanol–water partition coefficient (Wildman–Crippen LogP) is 4.05. The van der Waals surface area contributed by atoms with Gasteiger partial charge >= 0.3 is 0 Å². The molecular weight excluding hydrogens is 237 g/mol. The van der Waals surface area contributed by atoms with Crippen LogP contribution in [0.15, 0.2) is 18.2 Å². The lowest BCUT2D eigenvalue weighted by Gasteiger charge is -2.24. The zero-order chi connectivity index (χ0) is 12.8. The van der Waals surface area contributed by atoms with E-state index in [1.807, 2.05) is 6.07 Å². The molecule has 0 radical (unpaired) electrons. The Morgan fingerprint density at radius 2 is 2.06 bits per heavy atom. The van der Waals surface area contributed by atoms with Gasteiger partial charge in [-0.05, 0) is 36.9 Å². The standard InChI is InChI=1S/C14H21ClFN/c1-4-13(17-5-2)10(3)9-11-7-6-8-12(16)14(11)15/h6-8,10,13,17H,4-5,9H2,1-3H3. The summed E-state index contributed by atoms with van der Waals surface area (Å²) in [5.41, 5.74) is 0.899. The molecule has 1 aromatic rings. The Bertz CT molecular complexity index is 354. The summed E-state index contributed by atoms with van der Waals surface area (Å²) >= 11 is 5.97. The molecule has 1 N–H and O–H groups in total. The van der Waals surface area contributed by atoms with Crippen molar-refractivity contribution in [3.8, 4) is 0 Å². The Morgan fingerprint density at radius 3 is 2.65 bits per heavy atom. The van der Waals surface area contributed by atoms with Gasteiger partial charge in [0.2, 0.25) is 0 Å². The molecule has 3 heteroatoms. The highest BCUT2D eigenvalue weighted by Crippen LogP contribution is 2.24. The van der Waals surface area contributed by atoms with Crippen molar-refractivity contribution >= 4 is 11.6 Å². The van der Waals surface area contributed by atoms with Crippen LogP contribution in [0.1, 0.15) is 32.8 Å². The maximum Gasteiger partial charge on any atom is 0.142 e. The van der Waals surface area contributed by atoms with Crippen molar-refractivity contribution in [3.05, 3.63) is 34.6 Å². The lowest BCUT2D eigenvalue weighted by atomic mass is 9.92. The summed E-state index contributed by atoms with van der Waals surface area (Å²) in [6.45, 7) is 7.40. The fourth-order valence-electron chi connectivity index (χ4n) is 2.21. The molecule has 1 aromatic carbocycles. The molecule has 2 unspecified atom stereocenters. The lowest BCUT2D eigenvalue weighted by Crippen LogP contribution is -2.35. The van der Waals surface area contributed by atoms with E-state index in [1.54, 1.807) is 6.07 Å². The summed E-state index contributed by atoms with van der Waals surface area (Å²) in [7, 11) is 0. The van der Waals surface area contributed by atoms with Crippen LogP contribution in [0.4, 0.5) is 4.39 Å². The SMILES string of the molecule is CCNC(CC)C(C)Cc1cccc(F)c1Cl. The van der Waals surface area contributed by atoms with Gasteiger partial charge in [0.25, 0.3) is 0 Å². The van der Waals surface area contributed by atoms with Gasteiger partial charge in [0, 0.05) is 6.04 Å². The minimum Gasteiger partial charge on any atom is -0.314 e. The van der Waals surface area contributed by atoms with E-state index in [0.717, 1.165) is 24.9 Å². The van der Waals surface area contributed by atoms with E-state index in [1.165, 1.54) is 6.07 Å². The van der Waals surface area contributed by atoms with E-state index >= 15 is 0 Å². The fraction of sp³-hybridized carbons (Fsp3) is 0.571. The monoisotopic (exact) mass is 257 g/mol. The zero-order valence-corrected chi connectivity index (χ0v) is 11.5. The second-order valence-corrected chi connectivity index (χ2v) is 4.84. The van der Waals surface area contributed by atoms with E-state index in [2.05, 4.69) is 26.1 Å². The van der Waals surface area contributed by atoms with Gasteiger partial charge in [-0.25, -0.2) is 4.39 Å². The molecule has 0 aliphatic heterocycles. The molecule has 0 bridgehead atoms. The molecule has 0 heterocycles. The van der Waals surface area contributed by atoms with E-state index in [4.69, 9.17) is 11.6 Å². The second-order valence-electron chi connectivity index (χ2n) is 4.47. The Morgan fingerprint density at radius 1 is 1.35 bits per heavy atom. The van der Waals surface area contributed by atoms with Gasteiger partial charge in [0.1, 0.15) is 5.82 Å². The van der Waals surface area contributed by atoms with Crippen molar-refractivity contribution < 1.29 is 4.39 Å². The van der Waals surface area contributed by atoms with Gasteiger partial charge in [0.15, 0.2) is 0 Å². The molecule has 0 aliphatic rings. The number of benzene rings is 1. The van der Waals surface area contributed by atoms with E-state index in [-0.39, 0.29) is 10.8 Å². The predicted molar refractivity (Wildman–Crippen MR) is 72.0 cm³/mol. The molecule has 0 aliphatic carbocycles. The summed E-state index contributed by atoms with van der Waals surface area (Å²) < 4.78 is 13.3. The summed E-state index contributed by atoms with van der Waals surface area (Å²) in [6, 6.07) is 5.48. The first-order valence-corrected chi connectivity index (χ1v) is 6.64. The average Bonchev–Trinajstić information content (AvgIpc) is 2.31. The van der Waals surface area contributed by atoms with Crippen LogP contribution in [0, 0.1) is 11.7 Å². The van der Waals surface area contributed by atoms with Crippen LogP contribution in [0.2, 0.25) is 5.02 Å². The highest BCUT2D eigenvalue weighted by molar-refractivity contribution is 6.31. The number of nitrogens with one attached hydrogen (secondary N) is 1. The van der Waals surface area contributed by atoms with Crippen molar-refractivity contribution in [2.24, 2.45) is 5.92 Å². The van der Waals surface area contributed by atoms with Crippen LogP contribution >= 0.6 is 11.6 Å². The van der Waals surface area contributed by atoms with Crippen LogP contribution in [-0.2, 0) is 6.42 Å². The molecule has 2 atom stereocenters. The maximum atomic E-state index is 13.3. The van der Waals surface area contributed by atoms with Crippen LogP contribution < -0.4 is 5.32 Å². The van der Waals surface area contributed by atoms with Gasteiger partial charge in [-0.1, -0.05) is 44.5 Å². The molecule has 0 aromatic heterocycles. The van der Waals surface area contributed by atoms with Crippen LogP contribution in [0.25, 0.3) is 0 Å². The first kappa shape index (κ1) is 14.5. The molecule has 1 rings (SSSR count). The highest BCUT2D eigenvalue weighted by Gasteiger charge is 2.16. The van der Waals surface area contributed by atoms with Crippen molar-refractivity contribution in [1.29, 1.82) is 0 Å². The van der Waals surface area contributed by atoms with Crippen LogP contribution in [0.5, 0.6) is 0 Å². The molecule has 96 valence electrons. The Hall–Kier alpha value is -0.600. The Labute approximate surface area is 108 Å². The summed E-state index contributed by atoms with van der Waals surface area (Å²) in [5.74, 6) is 0.118. The number of halogens is 2. The van der Waals surface area contributed by atoms with Gasteiger partial charge in [0.05, 0.1) is 5.02 Å². The molecule has 0 saturated heterocycles. The third-order valence-corrected chi connectivity index (χ3v) is 3.59. The average molecular weight is 258 g/mol. The molecule has 0 amide bonds. The molecule has 1 nitrogen and oxygen atoms in total. The highest BCUT2D eigenvalue weighted by atomic mass is 35.5. The third-order valence-electron chi connectivity index (χ3n) is 3.17. The maximum absolute atomic E-state index is 13.3. The summed E-state index contributed by atoms with van der Waals surface area (Å²) in [6.07, 6.45) is 1.88. The zero-order valence-electron chi connectivity index (χ0n) is 10.8. The van der Waals surface area contributed by atoms with Gasteiger partial charge in [-0.3, -0.25) is 0 Å². The van der Waals surface area contributed by atoms with Crippen molar-refractivity contribution in [2.75, 3.05) is 6.54 Å². The largest absolute Gasteiger partial charge is 0.314 e. The van der Waals surface area contributed by atoms with Gasteiger partial charge in [-0.15, -0.1) is 0 Å². The quantitative estimate of drug-likeness (QED) is 0.811. The van der Waals surface area contributed by atoms with Crippen LogP contribution in [0.3, 0.4) is 0 Å². The topological polar surface area (TPSA) is 12.0 Å². The van der Waals surface area contributed by atoms with E-state index in [0.29, 0.717) is 12.0 Å². The number of hydrogen-bond acceptors (Lipinski definition) is 1.